The number of halogens is 2. The summed E-state index contributed by atoms with van der Waals surface area (Å²) < 4.78 is 6.55. The van der Waals surface area contributed by atoms with Crippen molar-refractivity contribution in [2.75, 3.05) is 5.32 Å². The first-order valence-corrected chi connectivity index (χ1v) is 15.6. The predicted octanol–water partition coefficient (Wildman–Crippen LogP) is 5.60. The Labute approximate surface area is 246 Å². The molecule has 9 heteroatoms. The summed E-state index contributed by atoms with van der Waals surface area (Å²) in [6.45, 7) is 6.62. The third-order valence-electron chi connectivity index (χ3n) is 10.5. The predicted molar refractivity (Wildman–Crippen MR) is 155 cm³/mol. The fraction of sp³-hybridized carbons (Fsp3) is 0.645. The van der Waals surface area contributed by atoms with Gasteiger partial charge in [0.2, 0.25) is 17.7 Å². The van der Waals surface area contributed by atoms with Crippen LogP contribution in [0.1, 0.15) is 65.7 Å². The van der Waals surface area contributed by atoms with Gasteiger partial charge in [0.25, 0.3) is 0 Å². The molecule has 6 rings (SSSR count). The smallest absolute Gasteiger partial charge is 0.246 e. The van der Waals surface area contributed by atoms with Gasteiger partial charge in [-0.05, 0) is 55.2 Å². The zero-order valence-electron chi connectivity index (χ0n) is 23.4. The fourth-order valence-corrected chi connectivity index (χ4v) is 8.70. The Bertz CT molecular complexity index is 1220. The number of nitrogens with zero attached hydrogens (tertiary/aromatic N) is 1. The van der Waals surface area contributed by atoms with Gasteiger partial charge in [-0.3, -0.25) is 14.4 Å². The number of anilines is 1. The average Bonchev–Trinajstić information content (AvgIpc) is 3.54. The Kier molecular flexibility index (Phi) is 7.46. The number of nitrogens with one attached hydrogen (secondary N) is 2. The van der Waals surface area contributed by atoms with E-state index in [1.165, 1.54) is 0 Å². The second-order valence-corrected chi connectivity index (χ2v) is 13.7. The quantitative estimate of drug-likeness (QED) is 0.439. The van der Waals surface area contributed by atoms with Crippen LogP contribution < -0.4 is 10.6 Å². The standard InChI is InChI=1S/C31H39Cl2N3O4/c1-16-8-6-9-22(18(16)3)35-29(38)27-31-12-11-24(40-31)25(28(37)34-21-14-19(32)13-20(33)15-21)26(31)30(39)36(27)23-10-5-4-7-17(23)2/h11-18,22-27H,4-10H2,1-3H3,(H,34,37)(H,35,38)/t16-,17+,18-,22+,23-,24+,25+,26+,27+,31+/m1/s1. The van der Waals surface area contributed by atoms with Crippen molar-refractivity contribution in [2.45, 2.75) is 95.5 Å². The van der Waals surface area contributed by atoms with E-state index in [2.05, 4.69) is 31.4 Å². The lowest BCUT2D eigenvalue weighted by molar-refractivity contribution is -0.146. The molecule has 1 spiro atoms. The normalized spacial score (nSPS) is 40.3. The lowest BCUT2D eigenvalue weighted by Crippen LogP contribution is -2.60. The van der Waals surface area contributed by atoms with Gasteiger partial charge in [-0.2, -0.15) is 0 Å². The number of ether oxygens (including phenoxy) is 1. The topological polar surface area (TPSA) is 87.7 Å². The maximum absolute atomic E-state index is 14.4. The molecular formula is C31H39Cl2N3O4. The average molecular weight is 589 g/mol. The number of carbonyl (C=O) groups excluding carboxylic acids is 3. The van der Waals surface area contributed by atoms with Crippen LogP contribution in [0.4, 0.5) is 5.69 Å². The van der Waals surface area contributed by atoms with Gasteiger partial charge in [-0.25, -0.2) is 0 Å². The summed E-state index contributed by atoms with van der Waals surface area (Å²) in [5.41, 5.74) is -0.707. The van der Waals surface area contributed by atoms with Crippen molar-refractivity contribution in [2.24, 2.45) is 29.6 Å². The number of hydrogen-bond donors (Lipinski definition) is 2. The first kappa shape index (κ1) is 28.0. The Morgan fingerprint density at radius 2 is 1.65 bits per heavy atom. The molecule has 0 radical (unpaired) electrons. The molecule has 3 heterocycles. The molecule has 40 heavy (non-hydrogen) atoms. The molecule has 2 bridgehead atoms. The fourth-order valence-electron chi connectivity index (χ4n) is 8.17. The maximum atomic E-state index is 14.4. The molecule has 2 N–H and O–H groups in total. The van der Waals surface area contributed by atoms with Crippen LogP contribution in [0.25, 0.3) is 0 Å². The molecule has 2 saturated carbocycles. The number of rotatable bonds is 5. The molecule has 5 aliphatic rings. The molecule has 1 aromatic rings. The Hall–Kier alpha value is -2.09. The van der Waals surface area contributed by atoms with Crippen LogP contribution in [0.2, 0.25) is 10.0 Å². The van der Waals surface area contributed by atoms with E-state index < -0.39 is 29.6 Å². The molecule has 2 saturated heterocycles. The molecule has 10 atom stereocenters. The largest absolute Gasteiger partial charge is 0.359 e. The minimum Gasteiger partial charge on any atom is -0.359 e. The van der Waals surface area contributed by atoms with E-state index >= 15 is 0 Å². The van der Waals surface area contributed by atoms with Crippen LogP contribution in [0.15, 0.2) is 30.4 Å². The van der Waals surface area contributed by atoms with Crippen LogP contribution in [-0.4, -0.2) is 52.5 Å². The zero-order chi connectivity index (χ0) is 28.3. The number of likely N-dealkylation sites (tertiary alicyclic amines) is 1. The highest BCUT2D eigenvalue weighted by Crippen LogP contribution is 2.56. The third kappa shape index (κ3) is 4.57. The van der Waals surface area contributed by atoms with Crippen molar-refractivity contribution in [1.29, 1.82) is 0 Å². The summed E-state index contributed by atoms with van der Waals surface area (Å²) in [5.74, 6) is -1.04. The van der Waals surface area contributed by atoms with Crippen molar-refractivity contribution in [3.63, 3.8) is 0 Å². The first-order valence-electron chi connectivity index (χ1n) is 14.9. The van der Waals surface area contributed by atoms with E-state index in [4.69, 9.17) is 27.9 Å². The van der Waals surface area contributed by atoms with Crippen molar-refractivity contribution >= 4 is 46.6 Å². The number of amides is 3. The summed E-state index contributed by atoms with van der Waals surface area (Å²) in [6, 6.07) is 4.03. The number of fused-ring (bicyclic) bond motifs is 1. The van der Waals surface area contributed by atoms with E-state index in [1.807, 2.05) is 17.1 Å². The molecule has 2 aliphatic carbocycles. The molecule has 1 aromatic carbocycles. The van der Waals surface area contributed by atoms with E-state index in [0.29, 0.717) is 27.6 Å². The van der Waals surface area contributed by atoms with Crippen LogP contribution in [-0.2, 0) is 19.1 Å². The molecule has 4 fully saturated rings. The highest BCUT2D eigenvalue weighted by atomic mass is 35.5. The Morgan fingerprint density at radius 3 is 2.38 bits per heavy atom. The van der Waals surface area contributed by atoms with Crippen LogP contribution in [0.3, 0.4) is 0 Å². The third-order valence-corrected chi connectivity index (χ3v) is 10.9. The van der Waals surface area contributed by atoms with Crippen molar-refractivity contribution in [3.8, 4) is 0 Å². The molecule has 7 nitrogen and oxygen atoms in total. The maximum Gasteiger partial charge on any atom is 0.246 e. The minimum absolute atomic E-state index is 0.0571. The summed E-state index contributed by atoms with van der Waals surface area (Å²) in [7, 11) is 0. The van der Waals surface area contributed by atoms with E-state index in [1.54, 1.807) is 18.2 Å². The first-order chi connectivity index (χ1) is 19.1. The van der Waals surface area contributed by atoms with Crippen molar-refractivity contribution < 1.29 is 19.1 Å². The summed E-state index contributed by atoms with van der Waals surface area (Å²) in [6.07, 6.45) is 10.3. The monoisotopic (exact) mass is 587 g/mol. The van der Waals surface area contributed by atoms with Crippen LogP contribution in [0.5, 0.6) is 0 Å². The van der Waals surface area contributed by atoms with Gasteiger partial charge in [0, 0.05) is 27.8 Å². The molecule has 3 amide bonds. The lowest BCUT2D eigenvalue weighted by Gasteiger charge is -2.42. The van der Waals surface area contributed by atoms with E-state index in [0.717, 1.165) is 44.9 Å². The van der Waals surface area contributed by atoms with Crippen LogP contribution >= 0.6 is 23.2 Å². The van der Waals surface area contributed by atoms with Gasteiger partial charge in [0.15, 0.2) is 0 Å². The SMILES string of the molecule is C[C@@H]1[C@H](C)CCC[C@@H]1NC(=O)[C@@H]1N([C@@H]2CCCC[C@@H]2C)C(=O)[C@@H]2[C@@H](C(=O)Nc3cc(Cl)cc(Cl)c3)[C@@H]3C=C[C@]21O3. The summed E-state index contributed by atoms with van der Waals surface area (Å²) in [4.78, 5) is 44.3. The number of hydrogen-bond acceptors (Lipinski definition) is 4. The number of benzene rings is 1. The molecule has 0 aromatic heterocycles. The van der Waals surface area contributed by atoms with Crippen molar-refractivity contribution in [1.82, 2.24) is 10.2 Å². The van der Waals surface area contributed by atoms with Gasteiger partial charge in [-0.1, -0.05) is 81.8 Å². The molecule has 0 unspecified atom stereocenters. The lowest BCUT2D eigenvalue weighted by atomic mass is 9.73. The van der Waals surface area contributed by atoms with Crippen LogP contribution in [0, 0.1) is 29.6 Å². The van der Waals surface area contributed by atoms with Gasteiger partial charge in [0.1, 0.15) is 11.6 Å². The zero-order valence-corrected chi connectivity index (χ0v) is 24.9. The molecule has 3 aliphatic heterocycles. The van der Waals surface area contributed by atoms with Gasteiger partial charge in [0.05, 0.1) is 17.9 Å². The summed E-state index contributed by atoms with van der Waals surface area (Å²) >= 11 is 12.3. The van der Waals surface area contributed by atoms with E-state index in [9.17, 15) is 14.4 Å². The highest BCUT2D eigenvalue weighted by Gasteiger charge is 2.73. The molecular weight excluding hydrogens is 549 g/mol. The second-order valence-electron chi connectivity index (χ2n) is 12.8. The highest BCUT2D eigenvalue weighted by molar-refractivity contribution is 6.35. The van der Waals surface area contributed by atoms with E-state index in [-0.39, 0.29) is 35.7 Å². The summed E-state index contributed by atoms with van der Waals surface area (Å²) in [5, 5.41) is 7.07. The molecule has 216 valence electrons. The number of carbonyl (C=O) groups is 3. The Morgan fingerprint density at radius 1 is 0.950 bits per heavy atom. The Balaban J connectivity index is 1.34. The van der Waals surface area contributed by atoms with Gasteiger partial charge in [-0.15, -0.1) is 0 Å². The second kappa shape index (κ2) is 10.6. The van der Waals surface area contributed by atoms with Crippen molar-refractivity contribution in [3.05, 3.63) is 40.4 Å². The van der Waals surface area contributed by atoms with Gasteiger partial charge >= 0.3 is 0 Å². The van der Waals surface area contributed by atoms with Gasteiger partial charge < -0.3 is 20.3 Å². The minimum atomic E-state index is -1.17.